The molecule has 0 bridgehead atoms. The van der Waals surface area contributed by atoms with E-state index >= 15 is 0 Å². The van der Waals surface area contributed by atoms with E-state index in [0.717, 1.165) is 5.56 Å². The normalized spacial score (nSPS) is 19.5. The van der Waals surface area contributed by atoms with E-state index in [-0.39, 0.29) is 6.54 Å². The number of carbonyl (C=O) groups is 1. The van der Waals surface area contributed by atoms with Crippen LogP contribution in [0.5, 0.6) is 0 Å². The van der Waals surface area contributed by atoms with Gasteiger partial charge in [-0.1, -0.05) is 12.1 Å². The Balaban J connectivity index is 2.33. The second kappa shape index (κ2) is 4.46. The van der Waals surface area contributed by atoms with Crippen molar-refractivity contribution in [1.29, 1.82) is 0 Å². The van der Waals surface area contributed by atoms with Gasteiger partial charge in [-0.15, -0.1) is 0 Å². The second-order valence-electron chi connectivity index (χ2n) is 3.94. The topological polar surface area (TPSA) is 57.7 Å². The molecule has 1 saturated heterocycles. The maximum atomic E-state index is 12.1. The third-order valence-corrected chi connectivity index (χ3v) is 4.66. The lowest BCUT2D eigenvalue weighted by Gasteiger charge is -2.19. The van der Waals surface area contributed by atoms with E-state index in [1.54, 1.807) is 6.07 Å². The smallest absolute Gasteiger partial charge is 0.302 e. The van der Waals surface area contributed by atoms with Crippen molar-refractivity contribution >= 4 is 22.2 Å². The zero-order chi connectivity index (χ0) is 12.5. The van der Waals surface area contributed by atoms with Gasteiger partial charge in [0.1, 0.15) is 6.29 Å². The van der Waals surface area contributed by atoms with Crippen LogP contribution in [0, 0.1) is 6.92 Å². The first-order chi connectivity index (χ1) is 8.05. The lowest BCUT2D eigenvalue weighted by atomic mass is 10.2. The van der Waals surface area contributed by atoms with Gasteiger partial charge in [0, 0.05) is 13.1 Å². The highest BCUT2D eigenvalue weighted by molar-refractivity contribution is 7.90. The fraction of sp³-hybridized carbons (Fsp3) is 0.364. The van der Waals surface area contributed by atoms with Gasteiger partial charge in [-0.25, -0.2) is 0 Å². The molecule has 2 rings (SSSR count). The number of benzene rings is 1. The summed E-state index contributed by atoms with van der Waals surface area (Å²) < 4.78 is 26.7. The van der Waals surface area contributed by atoms with Gasteiger partial charge in [-0.05, 0) is 24.6 Å². The molecule has 0 atom stereocenters. The van der Waals surface area contributed by atoms with Crippen LogP contribution < -0.4 is 4.31 Å². The first kappa shape index (κ1) is 12.1. The summed E-state index contributed by atoms with van der Waals surface area (Å²) in [5.41, 5.74) is 1.66. The van der Waals surface area contributed by atoms with Crippen molar-refractivity contribution in [2.45, 2.75) is 6.92 Å². The van der Waals surface area contributed by atoms with Gasteiger partial charge in [-0.2, -0.15) is 12.7 Å². The molecule has 0 aliphatic carbocycles. The standard InChI is InChI=1S/C11H14N2O3S/c1-10-3-2-4-11(9-10)13-6-5-12(7-8-14)17(13,15)16/h2-4,8-9H,5-7H2,1H3. The summed E-state index contributed by atoms with van der Waals surface area (Å²) in [5, 5.41) is 0. The molecule has 1 heterocycles. The molecule has 1 aliphatic rings. The number of nitrogens with zero attached hydrogens (tertiary/aromatic N) is 2. The number of hydrogen-bond donors (Lipinski definition) is 0. The average molecular weight is 254 g/mol. The fourth-order valence-corrected chi connectivity index (χ4v) is 3.42. The zero-order valence-corrected chi connectivity index (χ0v) is 10.4. The molecule has 0 saturated carbocycles. The van der Waals surface area contributed by atoms with Gasteiger partial charge in [0.05, 0.1) is 12.2 Å². The minimum Gasteiger partial charge on any atom is -0.302 e. The first-order valence-electron chi connectivity index (χ1n) is 5.34. The summed E-state index contributed by atoms with van der Waals surface area (Å²) in [5.74, 6) is 0. The van der Waals surface area contributed by atoms with E-state index in [2.05, 4.69) is 0 Å². The van der Waals surface area contributed by atoms with Gasteiger partial charge < -0.3 is 4.79 Å². The number of aldehydes is 1. The number of rotatable bonds is 3. The van der Waals surface area contributed by atoms with Crippen molar-refractivity contribution in [3.05, 3.63) is 29.8 Å². The van der Waals surface area contributed by atoms with Crippen molar-refractivity contribution in [2.24, 2.45) is 0 Å². The van der Waals surface area contributed by atoms with Crippen LogP contribution >= 0.6 is 0 Å². The molecule has 5 nitrogen and oxygen atoms in total. The molecule has 0 unspecified atom stereocenters. The van der Waals surface area contributed by atoms with E-state index in [4.69, 9.17) is 0 Å². The monoisotopic (exact) mass is 254 g/mol. The van der Waals surface area contributed by atoms with E-state index in [1.807, 2.05) is 25.1 Å². The number of aryl methyl sites for hydroxylation is 1. The molecule has 1 fully saturated rings. The molecule has 0 amide bonds. The van der Waals surface area contributed by atoms with Crippen molar-refractivity contribution in [1.82, 2.24) is 4.31 Å². The van der Waals surface area contributed by atoms with Crippen molar-refractivity contribution in [3.8, 4) is 0 Å². The van der Waals surface area contributed by atoms with Crippen molar-refractivity contribution in [3.63, 3.8) is 0 Å². The Hall–Kier alpha value is -1.40. The quantitative estimate of drug-likeness (QED) is 0.741. The highest BCUT2D eigenvalue weighted by Crippen LogP contribution is 2.25. The van der Waals surface area contributed by atoms with Crippen molar-refractivity contribution < 1.29 is 13.2 Å². The van der Waals surface area contributed by atoms with Crippen LogP contribution in [0.3, 0.4) is 0 Å². The van der Waals surface area contributed by atoms with Gasteiger partial charge in [0.25, 0.3) is 0 Å². The Morgan fingerprint density at radius 1 is 1.35 bits per heavy atom. The molecular weight excluding hydrogens is 240 g/mol. The Kier molecular flexibility index (Phi) is 3.17. The van der Waals surface area contributed by atoms with Gasteiger partial charge in [0.2, 0.25) is 0 Å². The zero-order valence-electron chi connectivity index (χ0n) is 9.54. The molecule has 0 aromatic heterocycles. The third kappa shape index (κ3) is 2.18. The fourth-order valence-electron chi connectivity index (χ4n) is 1.89. The maximum Gasteiger partial charge on any atom is 0.304 e. The molecule has 0 spiro atoms. The summed E-state index contributed by atoms with van der Waals surface area (Å²) in [6.45, 7) is 2.58. The molecule has 6 heteroatoms. The number of hydrogen-bond acceptors (Lipinski definition) is 3. The highest BCUT2D eigenvalue weighted by atomic mass is 32.2. The van der Waals surface area contributed by atoms with E-state index in [1.165, 1.54) is 8.61 Å². The second-order valence-corrected chi connectivity index (χ2v) is 5.80. The molecule has 1 aromatic rings. The molecular formula is C11H14N2O3S. The summed E-state index contributed by atoms with van der Waals surface area (Å²) in [7, 11) is -3.52. The lowest BCUT2D eigenvalue weighted by molar-refractivity contribution is -0.108. The molecule has 0 N–H and O–H groups in total. The summed E-state index contributed by atoms with van der Waals surface area (Å²) in [6, 6.07) is 7.31. The number of carbonyl (C=O) groups excluding carboxylic acids is 1. The number of anilines is 1. The molecule has 92 valence electrons. The molecule has 0 radical (unpaired) electrons. The average Bonchev–Trinajstić information content (AvgIpc) is 2.55. The van der Waals surface area contributed by atoms with Crippen LogP contribution in [0.4, 0.5) is 5.69 Å². The summed E-state index contributed by atoms with van der Waals surface area (Å²) >= 11 is 0. The SMILES string of the molecule is Cc1cccc(N2CCN(CC=O)S2(=O)=O)c1. The summed E-state index contributed by atoms with van der Waals surface area (Å²) in [4.78, 5) is 10.4. The first-order valence-corrected chi connectivity index (χ1v) is 6.73. The largest absolute Gasteiger partial charge is 0.304 e. The van der Waals surface area contributed by atoms with E-state index < -0.39 is 10.2 Å². The third-order valence-electron chi connectivity index (χ3n) is 2.73. The molecule has 1 aliphatic heterocycles. The van der Waals surface area contributed by atoms with Gasteiger partial charge in [0.15, 0.2) is 0 Å². The van der Waals surface area contributed by atoms with Gasteiger partial charge >= 0.3 is 10.2 Å². The highest BCUT2D eigenvalue weighted by Gasteiger charge is 2.36. The van der Waals surface area contributed by atoms with Crippen LogP contribution in [-0.4, -0.2) is 38.6 Å². The maximum absolute atomic E-state index is 12.1. The minimum absolute atomic E-state index is 0.0787. The van der Waals surface area contributed by atoms with E-state index in [0.29, 0.717) is 25.1 Å². The van der Waals surface area contributed by atoms with Crippen LogP contribution in [0.25, 0.3) is 0 Å². The van der Waals surface area contributed by atoms with Crippen molar-refractivity contribution in [2.75, 3.05) is 23.9 Å². The lowest BCUT2D eigenvalue weighted by Crippen LogP contribution is -2.34. The van der Waals surface area contributed by atoms with Crippen LogP contribution in [0.1, 0.15) is 5.56 Å². The predicted octanol–water partition coefficient (Wildman–Crippen LogP) is 0.561. The minimum atomic E-state index is -3.52. The molecule has 1 aromatic carbocycles. The Morgan fingerprint density at radius 3 is 2.76 bits per heavy atom. The van der Waals surface area contributed by atoms with Crippen LogP contribution in [-0.2, 0) is 15.0 Å². The van der Waals surface area contributed by atoms with Gasteiger partial charge in [-0.3, -0.25) is 4.31 Å². The molecule has 17 heavy (non-hydrogen) atoms. The van der Waals surface area contributed by atoms with Crippen LogP contribution in [0.15, 0.2) is 24.3 Å². The Morgan fingerprint density at radius 2 is 2.12 bits per heavy atom. The Labute approximate surface area is 101 Å². The Bertz CT molecular complexity index is 527. The predicted molar refractivity (Wildman–Crippen MR) is 65.1 cm³/mol. The van der Waals surface area contributed by atoms with E-state index in [9.17, 15) is 13.2 Å². The summed E-state index contributed by atoms with van der Waals surface area (Å²) in [6.07, 6.45) is 0.608. The van der Waals surface area contributed by atoms with Crippen LogP contribution in [0.2, 0.25) is 0 Å².